The Bertz CT molecular complexity index is 835. The van der Waals surface area contributed by atoms with Gasteiger partial charge in [0, 0.05) is 26.1 Å². The maximum Gasteiger partial charge on any atom is 0.437 e. The smallest absolute Gasteiger partial charge is 0.437 e. The summed E-state index contributed by atoms with van der Waals surface area (Å²) in [5, 5.41) is 18.9. The molecule has 1 aromatic heterocycles. The number of carboxylic acid groups (broad SMARTS) is 1. The number of hydrogen-bond acceptors (Lipinski definition) is 7. The molecule has 2 aliphatic heterocycles. The Labute approximate surface area is 165 Å². The number of ether oxygens (including phenoxy) is 1. The first-order valence-corrected chi connectivity index (χ1v) is 9.40. The highest BCUT2D eigenvalue weighted by Crippen LogP contribution is 2.55. The molecule has 3 heterocycles. The average Bonchev–Trinajstić information content (AvgIpc) is 3.06. The van der Waals surface area contributed by atoms with Crippen molar-refractivity contribution in [3.8, 4) is 5.75 Å². The number of aliphatic carboxylic acids is 1. The van der Waals surface area contributed by atoms with Gasteiger partial charge in [-0.25, -0.2) is 4.98 Å². The van der Waals surface area contributed by atoms with Gasteiger partial charge in [-0.2, -0.15) is 18.2 Å². The number of piperidine rings is 1. The van der Waals surface area contributed by atoms with Gasteiger partial charge in [-0.3, -0.25) is 4.79 Å². The molecule has 8 nitrogen and oxygen atoms in total. The first-order chi connectivity index (χ1) is 13.4. The number of hydrogen-bond donors (Lipinski definition) is 2. The van der Waals surface area contributed by atoms with Gasteiger partial charge in [0.1, 0.15) is 0 Å². The Morgan fingerprint density at radius 2 is 1.86 bits per heavy atom. The van der Waals surface area contributed by atoms with Crippen molar-refractivity contribution < 1.29 is 32.9 Å². The van der Waals surface area contributed by atoms with Crippen molar-refractivity contribution in [1.82, 2.24) is 9.97 Å². The first-order valence-electron chi connectivity index (χ1n) is 9.40. The molecule has 1 aromatic rings. The largest absolute Gasteiger partial charge is 0.491 e. The predicted octanol–water partition coefficient (Wildman–Crippen LogP) is 1.62. The first kappa shape index (κ1) is 20.0. The van der Waals surface area contributed by atoms with Crippen LogP contribution in [0, 0.1) is 17.8 Å². The van der Waals surface area contributed by atoms with E-state index in [-0.39, 0.29) is 42.5 Å². The molecule has 11 heteroatoms. The molecule has 4 rings (SSSR count). The molecule has 0 amide bonds. The highest BCUT2D eigenvalue weighted by atomic mass is 19.4. The van der Waals surface area contributed by atoms with E-state index in [4.69, 9.17) is 9.84 Å². The summed E-state index contributed by atoms with van der Waals surface area (Å²) >= 11 is 0. The molecule has 2 N–H and O–H groups in total. The van der Waals surface area contributed by atoms with E-state index in [0.29, 0.717) is 13.1 Å². The van der Waals surface area contributed by atoms with E-state index < -0.39 is 35.2 Å². The van der Waals surface area contributed by atoms with Crippen LogP contribution in [-0.2, 0) is 11.0 Å². The zero-order valence-corrected chi connectivity index (χ0v) is 16.3. The molecule has 3 aliphatic rings. The van der Waals surface area contributed by atoms with Gasteiger partial charge in [-0.15, -0.1) is 0 Å². The molecule has 160 valence electrons. The Morgan fingerprint density at radius 3 is 2.31 bits per heavy atom. The number of aliphatic hydroxyl groups is 1. The highest BCUT2D eigenvalue weighted by molar-refractivity contribution is 5.68. The van der Waals surface area contributed by atoms with Crippen molar-refractivity contribution in [2.75, 3.05) is 36.5 Å². The number of carboxylic acids is 1. The monoisotopic (exact) mass is 416 g/mol. The third kappa shape index (κ3) is 3.15. The van der Waals surface area contributed by atoms with Gasteiger partial charge in [0.2, 0.25) is 5.95 Å². The second kappa shape index (κ2) is 6.35. The SMILES string of the molecule is COc1c(N2C[C@@H]3C(CC(=O)O)[C@@H]3C2)nc(N2C[C@@H](O)C2(C)C)nc1C(F)(F)F. The minimum atomic E-state index is -4.74. The van der Waals surface area contributed by atoms with Crippen LogP contribution in [0.15, 0.2) is 0 Å². The minimum absolute atomic E-state index is 0.0580. The maximum absolute atomic E-state index is 13.7. The lowest BCUT2D eigenvalue weighted by Gasteiger charge is -2.52. The van der Waals surface area contributed by atoms with Gasteiger partial charge in [-0.05, 0) is 31.6 Å². The van der Waals surface area contributed by atoms with Crippen LogP contribution in [0.4, 0.5) is 24.9 Å². The summed E-state index contributed by atoms with van der Waals surface area (Å²) in [7, 11) is 1.15. The summed E-state index contributed by atoms with van der Waals surface area (Å²) in [6.45, 7) is 4.42. The van der Waals surface area contributed by atoms with Crippen LogP contribution < -0.4 is 14.5 Å². The number of fused-ring (bicyclic) bond motifs is 1. The molecular weight excluding hydrogens is 393 g/mol. The molecule has 1 aliphatic carbocycles. The molecule has 2 saturated heterocycles. The molecule has 29 heavy (non-hydrogen) atoms. The van der Waals surface area contributed by atoms with Gasteiger partial charge in [-0.1, -0.05) is 0 Å². The van der Waals surface area contributed by atoms with Crippen molar-refractivity contribution in [2.24, 2.45) is 17.8 Å². The van der Waals surface area contributed by atoms with E-state index in [2.05, 4.69) is 9.97 Å². The van der Waals surface area contributed by atoms with Crippen molar-refractivity contribution >= 4 is 17.7 Å². The number of rotatable bonds is 5. The number of β-amino-alcohol motifs (C(OH)–C–C–N with tert-alkyl or cyclic N) is 1. The summed E-state index contributed by atoms with van der Waals surface area (Å²) < 4.78 is 46.2. The third-order valence-corrected chi connectivity index (χ3v) is 6.50. The number of nitrogens with zero attached hydrogens (tertiary/aromatic N) is 4. The van der Waals surface area contributed by atoms with E-state index >= 15 is 0 Å². The average molecular weight is 416 g/mol. The van der Waals surface area contributed by atoms with Crippen molar-refractivity contribution in [3.63, 3.8) is 0 Å². The number of anilines is 2. The Morgan fingerprint density at radius 1 is 1.24 bits per heavy atom. The second-order valence-corrected chi connectivity index (χ2v) is 8.50. The van der Waals surface area contributed by atoms with Crippen molar-refractivity contribution in [3.05, 3.63) is 5.69 Å². The Kier molecular flexibility index (Phi) is 4.38. The fraction of sp³-hybridized carbons (Fsp3) is 0.722. The van der Waals surface area contributed by atoms with E-state index in [9.17, 15) is 23.1 Å². The molecule has 0 aromatic carbocycles. The van der Waals surface area contributed by atoms with Crippen LogP contribution in [0.25, 0.3) is 0 Å². The number of halogens is 3. The van der Waals surface area contributed by atoms with Gasteiger partial charge in [0.05, 0.1) is 18.8 Å². The summed E-state index contributed by atoms with van der Waals surface area (Å²) in [5.41, 5.74) is -1.94. The van der Waals surface area contributed by atoms with Gasteiger partial charge < -0.3 is 24.7 Å². The van der Waals surface area contributed by atoms with Crippen molar-refractivity contribution in [1.29, 1.82) is 0 Å². The maximum atomic E-state index is 13.7. The topological polar surface area (TPSA) is 99.0 Å². The number of alkyl halides is 3. The summed E-state index contributed by atoms with van der Waals surface area (Å²) in [4.78, 5) is 22.3. The van der Waals surface area contributed by atoms with Crippen molar-refractivity contribution in [2.45, 2.75) is 38.1 Å². The number of aromatic nitrogens is 2. The molecule has 0 spiro atoms. The van der Waals surface area contributed by atoms with E-state index in [1.807, 2.05) is 0 Å². The number of methoxy groups -OCH3 is 1. The zero-order valence-electron chi connectivity index (χ0n) is 16.3. The fourth-order valence-electron chi connectivity index (χ4n) is 4.51. The second-order valence-electron chi connectivity index (χ2n) is 8.50. The molecule has 3 fully saturated rings. The van der Waals surface area contributed by atoms with Crippen LogP contribution in [0.5, 0.6) is 5.75 Å². The number of carbonyl (C=O) groups is 1. The van der Waals surface area contributed by atoms with E-state index in [0.717, 1.165) is 7.11 Å². The molecule has 4 atom stereocenters. The molecular formula is C18H23F3N4O4. The quantitative estimate of drug-likeness (QED) is 0.747. The third-order valence-electron chi connectivity index (χ3n) is 6.50. The standard InChI is InChI=1S/C18H23F3N4O4/c1-17(2)11(26)7-25(17)16-22-14(18(19,20)21)13(29-3)15(23-16)24-5-9-8(4-12(27)28)10(9)6-24/h8-11,26H,4-7H2,1-3H3,(H,27,28)/t8?,9-,10+,11-/m1/s1. The van der Waals surface area contributed by atoms with Crippen LogP contribution in [0.2, 0.25) is 0 Å². The molecule has 1 unspecified atom stereocenters. The summed E-state index contributed by atoms with van der Waals surface area (Å²) in [6.07, 6.45) is -5.36. The molecule has 0 radical (unpaired) electrons. The normalized spacial score (nSPS) is 30.0. The van der Waals surface area contributed by atoms with Crippen LogP contribution >= 0.6 is 0 Å². The van der Waals surface area contributed by atoms with E-state index in [1.165, 1.54) is 0 Å². The number of aliphatic hydroxyl groups excluding tert-OH is 1. The lowest BCUT2D eigenvalue weighted by Crippen LogP contribution is -2.68. The van der Waals surface area contributed by atoms with Crippen LogP contribution in [0.3, 0.4) is 0 Å². The van der Waals surface area contributed by atoms with E-state index in [1.54, 1.807) is 23.6 Å². The lowest BCUT2D eigenvalue weighted by atomic mass is 9.86. The summed E-state index contributed by atoms with van der Waals surface area (Å²) in [5.74, 6) is -1.03. The molecule has 1 saturated carbocycles. The van der Waals surface area contributed by atoms with Crippen LogP contribution in [-0.4, -0.2) is 64.5 Å². The Hall–Kier alpha value is -2.30. The Balaban J connectivity index is 1.68. The van der Waals surface area contributed by atoms with Gasteiger partial charge in [0.15, 0.2) is 17.3 Å². The highest BCUT2D eigenvalue weighted by Gasteiger charge is 2.57. The van der Waals surface area contributed by atoms with Gasteiger partial charge >= 0.3 is 12.1 Å². The molecule has 0 bridgehead atoms. The summed E-state index contributed by atoms with van der Waals surface area (Å²) in [6, 6.07) is 0. The predicted molar refractivity (Wildman–Crippen MR) is 96.0 cm³/mol. The minimum Gasteiger partial charge on any atom is -0.491 e. The van der Waals surface area contributed by atoms with Gasteiger partial charge in [0.25, 0.3) is 0 Å². The lowest BCUT2D eigenvalue weighted by molar-refractivity contribution is -0.142. The fourth-order valence-corrected chi connectivity index (χ4v) is 4.51. The zero-order chi connectivity index (χ0) is 21.3. The van der Waals surface area contributed by atoms with Crippen LogP contribution in [0.1, 0.15) is 26.0 Å².